The second kappa shape index (κ2) is 6.32. The molecule has 0 unspecified atom stereocenters. The van der Waals surface area contributed by atoms with E-state index in [9.17, 15) is 0 Å². The number of benzene rings is 1. The van der Waals surface area contributed by atoms with E-state index >= 15 is 0 Å². The van der Waals surface area contributed by atoms with Crippen LogP contribution in [0.1, 0.15) is 25.7 Å². The number of anilines is 1. The average Bonchev–Trinajstić information content (AvgIpc) is 2.39. The minimum absolute atomic E-state index is 0.250. The van der Waals surface area contributed by atoms with Crippen LogP contribution in [0.2, 0.25) is 0 Å². The van der Waals surface area contributed by atoms with Gasteiger partial charge in [0, 0.05) is 5.69 Å². The topological polar surface area (TPSA) is 21.3 Å². The Labute approximate surface area is 103 Å². The van der Waals surface area contributed by atoms with E-state index < -0.39 is 0 Å². The highest BCUT2D eigenvalue weighted by Gasteiger charge is 2.25. The first-order valence-corrected chi connectivity index (χ1v) is 6.27. The lowest BCUT2D eigenvalue weighted by molar-refractivity contribution is 0.0404. The van der Waals surface area contributed by atoms with E-state index in [1.165, 1.54) is 12.8 Å². The van der Waals surface area contributed by atoms with E-state index in [4.69, 9.17) is 11.2 Å². The fourth-order valence-corrected chi connectivity index (χ4v) is 2.37. The molecule has 0 bridgehead atoms. The molecule has 0 saturated heterocycles. The molecule has 1 N–H and O–H groups in total. The Morgan fingerprint density at radius 1 is 1.24 bits per heavy atom. The molecule has 1 aliphatic carbocycles. The summed E-state index contributed by atoms with van der Waals surface area (Å²) in [5, 5.41) is 3.55. The maximum absolute atomic E-state index is 5.72. The van der Waals surface area contributed by atoms with Crippen LogP contribution in [-0.2, 0) is 4.74 Å². The van der Waals surface area contributed by atoms with Gasteiger partial charge >= 0.3 is 0 Å². The molecule has 2 nitrogen and oxygen atoms in total. The third kappa shape index (κ3) is 3.51. The normalized spacial score (nSPS) is 23.9. The van der Waals surface area contributed by atoms with Crippen molar-refractivity contribution < 1.29 is 4.74 Å². The highest BCUT2D eigenvalue weighted by molar-refractivity contribution is 5.43. The lowest BCUT2D eigenvalue weighted by Gasteiger charge is -2.32. The third-order valence-corrected chi connectivity index (χ3v) is 3.21. The van der Waals surface area contributed by atoms with E-state index in [0.29, 0.717) is 12.6 Å². The summed E-state index contributed by atoms with van der Waals surface area (Å²) in [6, 6.07) is 10.7. The molecule has 1 saturated carbocycles. The van der Waals surface area contributed by atoms with Crippen LogP contribution in [-0.4, -0.2) is 18.8 Å². The first kappa shape index (κ1) is 12.0. The van der Waals surface area contributed by atoms with Crippen LogP contribution < -0.4 is 5.32 Å². The van der Waals surface area contributed by atoms with Gasteiger partial charge in [0.15, 0.2) is 0 Å². The van der Waals surface area contributed by atoms with Crippen LogP contribution >= 0.6 is 0 Å². The molecule has 1 aromatic carbocycles. The second-order valence-corrected chi connectivity index (χ2v) is 4.45. The Morgan fingerprint density at radius 2 is 2.00 bits per heavy atom. The van der Waals surface area contributed by atoms with Crippen molar-refractivity contribution in [3.8, 4) is 12.3 Å². The minimum atomic E-state index is 0.250. The average molecular weight is 229 g/mol. The summed E-state index contributed by atoms with van der Waals surface area (Å²) in [5.41, 5.74) is 1.16. The SMILES string of the molecule is C#CCO[C@H]1CCCC[C@@H]1Nc1ccccc1. The van der Waals surface area contributed by atoms with Crippen LogP contribution in [0.4, 0.5) is 5.69 Å². The molecule has 2 rings (SSSR count). The summed E-state index contributed by atoms with van der Waals surface area (Å²) in [5.74, 6) is 2.55. The summed E-state index contributed by atoms with van der Waals surface area (Å²) >= 11 is 0. The van der Waals surface area contributed by atoms with Gasteiger partial charge in [0.1, 0.15) is 6.61 Å². The number of nitrogens with one attached hydrogen (secondary N) is 1. The molecule has 1 fully saturated rings. The molecule has 0 aromatic heterocycles. The number of rotatable bonds is 4. The van der Waals surface area contributed by atoms with Gasteiger partial charge in [-0.2, -0.15) is 0 Å². The molecule has 1 aliphatic rings. The third-order valence-electron chi connectivity index (χ3n) is 3.21. The zero-order valence-corrected chi connectivity index (χ0v) is 10.1. The molecule has 90 valence electrons. The summed E-state index contributed by atoms with van der Waals surface area (Å²) in [4.78, 5) is 0. The van der Waals surface area contributed by atoms with Crippen LogP contribution in [0.5, 0.6) is 0 Å². The minimum Gasteiger partial charge on any atom is -0.380 e. The number of terminal acetylenes is 1. The van der Waals surface area contributed by atoms with Crippen molar-refractivity contribution in [3.05, 3.63) is 30.3 Å². The lowest BCUT2D eigenvalue weighted by atomic mass is 9.92. The second-order valence-electron chi connectivity index (χ2n) is 4.45. The van der Waals surface area contributed by atoms with Gasteiger partial charge in [0.2, 0.25) is 0 Å². The molecule has 0 spiro atoms. The van der Waals surface area contributed by atoms with Crippen molar-refractivity contribution in [2.45, 2.75) is 37.8 Å². The molecule has 0 heterocycles. The maximum atomic E-state index is 5.72. The highest BCUT2D eigenvalue weighted by Crippen LogP contribution is 2.24. The molecule has 17 heavy (non-hydrogen) atoms. The molecule has 1 aromatic rings. The van der Waals surface area contributed by atoms with Gasteiger partial charge in [-0.05, 0) is 25.0 Å². The predicted octanol–water partition coefficient (Wildman–Crippen LogP) is 3.06. The van der Waals surface area contributed by atoms with Crippen molar-refractivity contribution in [2.75, 3.05) is 11.9 Å². The monoisotopic (exact) mass is 229 g/mol. The van der Waals surface area contributed by atoms with Crippen molar-refractivity contribution in [1.82, 2.24) is 0 Å². The zero-order chi connectivity index (χ0) is 11.9. The molecular weight excluding hydrogens is 210 g/mol. The Kier molecular flexibility index (Phi) is 4.46. The van der Waals surface area contributed by atoms with Crippen LogP contribution in [0.3, 0.4) is 0 Å². The van der Waals surface area contributed by atoms with Crippen LogP contribution in [0.25, 0.3) is 0 Å². The number of hydrogen-bond acceptors (Lipinski definition) is 2. The quantitative estimate of drug-likeness (QED) is 0.801. The van der Waals surface area contributed by atoms with Gasteiger partial charge in [-0.25, -0.2) is 0 Å². The smallest absolute Gasteiger partial charge is 0.107 e. The highest BCUT2D eigenvalue weighted by atomic mass is 16.5. The van der Waals surface area contributed by atoms with Gasteiger partial charge in [0.25, 0.3) is 0 Å². The first-order chi connectivity index (χ1) is 8.40. The number of ether oxygens (including phenoxy) is 1. The predicted molar refractivity (Wildman–Crippen MR) is 70.9 cm³/mol. The van der Waals surface area contributed by atoms with Gasteiger partial charge in [-0.3, -0.25) is 0 Å². The summed E-state index contributed by atoms with van der Waals surface area (Å²) in [7, 11) is 0. The van der Waals surface area contributed by atoms with E-state index in [0.717, 1.165) is 18.5 Å². The molecule has 2 atom stereocenters. The van der Waals surface area contributed by atoms with Crippen molar-refractivity contribution in [3.63, 3.8) is 0 Å². The van der Waals surface area contributed by atoms with E-state index in [2.05, 4.69) is 23.4 Å². The molecule has 2 heteroatoms. The lowest BCUT2D eigenvalue weighted by Crippen LogP contribution is -2.38. The Morgan fingerprint density at radius 3 is 2.76 bits per heavy atom. The summed E-state index contributed by atoms with van der Waals surface area (Å²) in [6.07, 6.45) is 10.3. The largest absolute Gasteiger partial charge is 0.380 e. The van der Waals surface area contributed by atoms with Crippen molar-refractivity contribution >= 4 is 5.69 Å². The Hall–Kier alpha value is -1.46. The maximum Gasteiger partial charge on any atom is 0.107 e. The zero-order valence-electron chi connectivity index (χ0n) is 10.1. The first-order valence-electron chi connectivity index (χ1n) is 6.27. The molecule has 0 amide bonds. The Balaban J connectivity index is 1.94. The Bertz CT molecular complexity index is 368. The molecule has 0 aliphatic heterocycles. The van der Waals surface area contributed by atoms with Gasteiger partial charge < -0.3 is 10.1 Å². The number of para-hydroxylation sites is 1. The summed E-state index contributed by atoms with van der Waals surface area (Å²) < 4.78 is 5.72. The van der Waals surface area contributed by atoms with E-state index in [-0.39, 0.29) is 6.10 Å². The van der Waals surface area contributed by atoms with E-state index in [1.807, 2.05) is 18.2 Å². The van der Waals surface area contributed by atoms with Crippen molar-refractivity contribution in [2.24, 2.45) is 0 Å². The van der Waals surface area contributed by atoms with Crippen molar-refractivity contribution in [1.29, 1.82) is 0 Å². The van der Waals surface area contributed by atoms with Gasteiger partial charge in [0.05, 0.1) is 12.1 Å². The number of hydrogen-bond donors (Lipinski definition) is 1. The van der Waals surface area contributed by atoms with Crippen LogP contribution in [0, 0.1) is 12.3 Å². The van der Waals surface area contributed by atoms with E-state index in [1.54, 1.807) is 0 Å². The molecule has 0 radical (unpaired) electrons. The van der Waals surface area contributed by atoms with Gasteiger partial charge in [-0.1, -0.05) is 37.0 Å². The summed E-state index contributed by atoms with van der Waals surface area (Å²) in [6.45, 7) is 0.414. The fraction of sp³-hybridized carbons (Fsp3) is 0.467. The molecular formula is C15H19NO. The van der Waals surface area contributed by atoms with Crippen LogP contribution in [0.15, 0.2) is 30.3 Å². The standard InChI is InChI=1S/C15H19NO/c1-2-12-17-15-11-7-6-10-14(15)16-13-8-4-3-5-9-13/h1,3-5,8-9,14-16H,6-7,10-12H2/t14-,15-/m0/s1. The van der Waals surface area contributed by atoms with Gasteiger partial charge in [-0.15, -0.1) is 6.42 Å². The fourth-order valence-electron chi connectivity index (χ4n) is 2.37.